The largest absolute Gasteiger partial charge is 0.469 e. The smallest absolute Gasteiger partial charge is 0.309 e. The van der Waals surface area contributed by atoms with Crippen molar-refractivity contribution in [3.05, 3.63) is 0 Å². The Morgan fingerprint density at radius 3 is 1.73 bits per heavy atom. The first-order valence-corrected chi connectivity index (χ1v) is 8.25. The van der Waals surface area contributed by atoms with Crippen LogP contribution in [0.25, 0.3) is 0 Å². The molecule has 4 unspecified atom stereocenters. The number of hydrogen-bond acceptors (Lipinski definition) is 3. The third kappa shape index (κ3) is 3.50. The van der Waals surface area contributed by atoms with Gasteiger partial charge >= 0.3 is 5.97 Å². The summed E-state index contributed by atoms with van der Waals surface area (Å²) < 4.78 is 4.71. The third-order valence-corrected chi connectivity index (χ3v) is 6.22. The van der Waals surface area contributed by atoms with E-state index in [1.54, 1.807) is 0 Å². The highest BCUT2D eigenvalue weighted by Gasteiger charge is 2.59. The van der Waals surface area contributed by atoms with Gasteiger partial charge in [-0.15, -0.1) is 0 Å². The lowest BCUT2D eigenvalue weighted by atomic mass is 10.0. The summed E-state index contributed by atoms with van der Waals surface area (Å²) in [7, 11) is 1.49. The lowest BCUT2D eigenvalue weighted by Crippen LogP contribution is -2.09. The van der Waals surface area contributed by atoms with Crippen LogP contribution in [0.2, 0.25) is 0 Å². The van der Waals surface area contributed by atoms with Crippen molar-refractivity contribution < 1.29 is 14.6 Å². The number of esters is 1. The van der Waals surface area contributed by atoms with Gasteiger partial charge in [0, 0.05) is 6.61 Å². The number of carbonyl (C=O) groups is 1. The van der Waals surface area contributed by atoms with Crippen LogP contribution in [-0.2, 0) is 9.53 Å². The molecule has 4 rings (SSSR count). The molecule has 0 aromatic heterocycles. The van der Waals surface area contributed by atoms with E-state index in [9.17, 15) is 4.79 Å². The minimum absolute atomic E-state index is 0. The molecule has 0 amide bonds. The maximum Gasteiger partial charge on any atom is 0.309 e. The SMILES string of the molecule is C.C.CC1CC2C(CO)C2C1.COC(=O)C1C2CC(C)CC21. The number of hydrogen-bond donors (Lipinski definition) is 1. The summed E-state index contributed by atoms with van der Waals surface area (Å²) in [5, 5.41) is 8.80. The highest BCUT2D eigenvalue weighted by Crippen LogP contribution is 2.60. The zero-order valence-corrected chi connectivity index (χ0v) is 12.9. The van der Waals surface area contributed by atoms with Gasteiger partial charge < -0.3 is 9.84 Å². The van der Waals surface area contributed by atoms with Crippen molar-refractivity contribution in [2.24, 2.45) is 47.3 Å². The molecule has 4 atom stereocenters. The molecular weight excluding hydrogens is 276 g/mol. The molecule has 0 aromatic carbocycles. The maximum atomic E-state index is 11.1. The average Bonchev–Trinajstić information content (AvgIpc) is 3.14. The number of aliphatic hydroxyl groups is 1. The summed E-state index contributed by atoms with van der Waals surface area (Å²) in [5.41, 5.74) is 0. The zero-order chi connectivity index (χ0) is 14.4. The van der Waals surface area contributed by atoms with E-state index in [1.165, 1.54) is 32.8 Å². The fourth-order valence-electron chi connectivity index (χ4n) is 5.12. The van der Waals surface area contributed by atoms with Crippen LogP contribution in [0.4, 0.5) is 0 Å². The van der Waals surface area contributed by atoms with Crippen LogP contribution in [0, 0.1) is 47.3 Å². The van der Waals surface area contributed by atoms with Gasteiger partial charge in [0.05, 0.1) is 13.0 Å². The molecule has 1 N–H and O–H groups in total. The molecule has 0 radical (unpaired) electrons. The number of carbonyl (C=O) groups excluding carboxylic acids is 1. The molecule has 4 aliphatic carbocycles. The van der Waals surface area contributed by atoms with Crippen LogP contribution >= 0.6 is 0 Å². The number of ether oxygens (including phenoxy) is 1. The highest BCUT2D eigenvalue weighted by molar-refractivity contribution is 5.76. The van der Waals surface area contributed by atoms with Crippen LogP contribution in [-0.4, -0.2) is 24.8 Å². The van der Waals surface area contributed by atoms with Crippen molar-refractivity contribution in [3.63, 3.8) is 0 Å². The van der Waals surface area contributed by atoms with Gasteiger partial charge in [-0.2, -0.15) is 0 Å². The summed E-state index contributed by atoms with van der Waals surface area (Å²) in [6.07, 6.45) is 5.25. The Kier molecular flexibility index (Phi) is 6.49. The quantitative estimate of drug-likeness (QED) is 0.784. The van der Waals surface area contributed by atoms with Gasteiger partial charge in [0.25, 0.3) is 0 Å². The fourth-order valence-corrected chi connectivity index (χ4v) is 5.12. The molecule has 4 aliphatic rings. The van der Waals surface area contributed by atoms with Gasteiger partial charge in [0.1, 0.15) is 0 Å². The summed E-state index contributed by atoms with van der Waals surface area (Å²) in [5.74, 6) is 5.99. The van der Waals surface area contributed by atoms with E-state index in [1.807, 2.05) is 0 Å². The number of methoxy groups -OCH3 is 1. The first-order valence-electron chi connectivity index (χ1n) is 8.25. The van der Waals surface area contributed by atoms with Crippen molar-refractivity contribution in [3.8, 4) is 0 Å². The Morgan fingerprint density at radius 1 is 0.955 bits per heavy atom. The molecule has 0 aromatic rings. The first-order chi connectivity index (χ1) is 9.56. The predicted octanol–water partition coefficient (Wildman–Crippen LogP) is 3.99. The Balaban J connectivity index is 0.000000205. The first kappa shape index (κ1) is 19.5. The van der Waals surface area contributed by atoms with E-state index in [0.29, 0.717) is 24.4 Å². The number of aliphatic hydroxyl groups excluding tert-OH is 1. The highest BCUT2D eigenvalue weighted by atomic mass is 16.5. The van der Waals surface area contributed by atoms with Crippen molar-refractivity contribution in [1.29, 1.82) is 0 Å². The second kappa shape index (κ2) is 7.33. The van der Waals surface area contributed by atoms with Crippen LogP contribution < -0.4 is 0 Å². The van der Waals surface area contributed by atoms with Gasteiger partial charge in [0.15, 0.2) is 0 Å². The standard InChI is InChI=1S/C9H14O2.C8H14O.2CH4/c1-5-3-6-7(4-5)8(6)9(10)11-2;1-5-2-6-7(3-5)8(6)4-9;;/h5-8H,3-4H2,1-2H3;5-9H,2-4H2,1H3;2*1H4. The maximum absolute atomic E-state index is 11.1. The van der Waals surface area contributed by atoms with E-state index in [0.717, 1.165) is 23.7 Å². The molecule has 130 valence electrons. The molecule has 0 aliphatic heterocycles. The van der Waals surface area contributed by atoms with Crippen molar-refractivity contribution in [2.75, 3.05) is 13.7 Å². The zero-order valence-electron chi connectivity index (χ0n) is 12.9. The van der Waals surface area contributed by atoms with Crippen molar-refractivity contribution >= 4 is 5.97 Å². The molecular formula is C19H36O3. The number of fused-ring (bicyclic) bond motifs is 2. The normalized spacial score (nSPS) is 46.0. The van der Waals surface area contributed by atoms with Crippen LogP contribution in [0.5, 0.6) is 0 Å². The van der Waals surface area contributed by atoms with Crippen LogP contribution in [0.1, 0.15) is 54.4 Å². The van der Waals surface area contributed by atoms with Gasteiger partial charge in [-0.3, -0.25) is 4.79 Å². The van der Waals surface area contributed by atoms with Gasteiger partial charge in [-0.1, -0.05) is 28.7 Å². The van der Waals surface area contributed by atoms with Crippen LogP contribution in [0.3, 0.4) is 0 Å². The molecule has 3 heteroatoms. The van der Waals surface area contributed by atoms with E-state index in [-0.39, 0.29) is 26.7 Å². The lowest BCUT2D eigenvalue weighted by molar-refractivity contribution is -0.143. The Labute approximate surface area is 136 Å². The monoisotopic (exact) mass is 312 g/mol. The second-order valence-corrected chi connectivity index (χ2v) is 7.70. The Bertz CT molecular complexity index is 357. The van der Waals surface area contributed by atoms with Crippen molar-refractivity contribution in [1.82, 2.24) is 0 Å². The Morgan fingerprint density at radius 2 is 1.36 bits per heavy atom. The van der Waals surface area contributed by atoms with E-state index in [4.69, 9.17) is 9.84 Å². The topological polar surface area (TPSA) is 46.5 Å². The minimum atomic E-state index is 0. The molecule has 22 heavy (non-hydrogen) atoms. The number of rotatable bonds is 2. The molecule has 0 heterocycles. The predicted molar refractivity (Wildman–Crippen MR) is 90.3 cm³/mol. The molecule has 0 saturated heterocycles. The average molecular weight is 312 g/mol. The second-order valence-electron chi connectivity index (χ2n) is 7.70. The molecule has 0 spiro atoms. The molecule has 4 fully saturated rings. The summed E-state index contributed by atoms with van der Waals surface area (Å²) in [4.78, 5) is 11.1. The lowest BCUT2D eigenvalue weighted by Gasteiger charge is -2.05. The molecule has 0 bridgehead atoms. The summed E-state index contributed by atoms with van der Waals surface area (Å²) in [6, 6.07) is 0. The third-order valence-electron chi connectivity index (χ3n) is 6.22. The van der Waals surface area contributed by atoms with Gasteiger partial charge in [-0.05, 0) is 67.1 Å². The van der Waals surface area contributed by atoms with Crippen molar-refractivity contribution in [2.45, 2.75) is 54.4 Å². The summed E-state index contributed by atoms with van der Waals surface area (Å²) in [6.45, 7) is 5.03. The van der Waals surface area contributed by atoms with Crippen LogP contribution in [0.15, 0.2) is 0 Å². The van der Waals surface area contributed by atoms with E-state index in [2.05, 4.69) is 13.8 Å². The molecule has 3 nitrogen and oxygen atoms in total. The fraction of sp³-hybridized carbons (Fsp3) is 0.947. The van der Waals surface area contributed by atoms with E-state index < -0.39 is 0 Å². The molecule has 4 saturated carbocycles. The summed E-state index contributed by atoms with van der Waals surface area (Å²) >= 11 is 0. The Hall–Kier alpha value is -0.570. The van der Waals surface area contributed by atoms with E-state index >= 15 is 0 Å². The van der Waals surface area contributed by atoms with Gasteiger partial charge in [0.2, 0.25) is 0 Å². The minimum Gasteiger partial charge on any atom is -0.469 e. The van der Waals surface area contributed by atoms with Gasteiger partial charge in [-0.25, -0.2) is 0 Å².